The fourth-order valence-electron chi connectivity index (χ4n) is 5.16. The van der Waals surface area contributed by atoms with Gasteiger partial charge in [-0.3, -0.25) is 14.4 Å². The van der Waals surface area contributed by atoms with Gasteiger partial charge in [-0.1, -0.05) is 42.5 Å². The highest BCUT2D eigenvalue weighted by Crippen LogP contribution is 2.37. The molecular weight excluding hydrogens is 507 g/mol. The van der Waals surface area contributed by atoms with E-state index >= 15 is 0 Å². The van der Waals surface area contributed by atoms with Crippen LogP contribution in [-0.2, 0) is 22.4 Å². The van der Waals surface area contributed by atoms with Crippen LogP contribution < -0.4 is 16.0 Å². The molecule has 4 N–H and O–H groups in total. The minimum atomic E-state index is -0.498. The quantitative estimate of drug-likeness (QED) is 0.231. The number of benzene rings is 3. The summed E-state index contributed by atoms with van der Waals surface area (Å²) in [6, 6.07) is 20.4. The number of H-pyrrole nitrogens is 1. The number of carbonyl (C=O) groups excluding carboxylic acids is 3. The number of anilines is 2. The van der Waals surface area contributed by atoms with Gasteiger partial charge >= 0.3 is 0 Å². The topological polar surface area (TPSA) is 103 Å². The Morgan fingerprint density at radius 3 is 2.45 bits per heavy atom. The summed E-state index contributed by atoms with van der Waals surface area (Å²) in [6.07, 6.45) is 0.653. The van der Waals surface area contributed by atoms with Crippen LogP contribution in [0.5, 0.6) is 0 Å². The van der Waals surface area contributed by atoms with E-state index in [9.17, 15) is 18.8 Å². The Balaban J connectivity index is 1.31. The highest BCUT2D eigenvalue weighted by atomic mass is 19.1. The Morgan fingerprint density at radius 1 is 1.00 bits per heavy atom. The van der Waals surface area contributed by atoms with Gasteiger partial charge in [0.1, 0.15) is 5.82 Å². The summed E-state index contributed by atoms with van der Waals surface area (Å²) in [5.41, 5.74) is 6.83. The fraction of sp³-hybridized carbons (Fsp3) is 0.219. The average Bonchev–Trinajstić information content (AvgIpc) is 3.39. The van der Waals surface area contributed by atoms with Gasteiger partial charge in [0.25, 0.3) is 5.91 Å². The molecule has 2 atom stereocenters. The van der Waals surface area contributed by atoms with Crippen molar-refractivity contribution in [3.8, 4) is 0 Å². The van der Waals surface area contributed by atoms with E-state index in [0.29, 0.717) is 17.7 Å². The van der Waals surface area contributed by atoms with Crippen LogP contribution in [0.3, 0.4) is 0 Å². The lowest BCUT2D eigenvalue weighted by molar-refractivity contribution is -0.117. The molecule has 8 heteroatoms. The Labute approximate surface area is 232 Å². The van der Waals surface area contributed by atoms with Crippen molar-refractivity contribution in [2.24, 2.45) is 0 Å². The summed E-state index contributed by atoms with van der Waals surface area (Å²) in [7, 11) is 0. The number of amides is 3. The molecule has 0 radical (unpaired) electrons. The third kappa shape index (κ3) is 5.66. The average molecular weight is 539 g/mol. The van der Waals surface area contributed by atoms with Crippen LogP contribution in [0, 0.1) is 19.7 Å². The number of carbonyl (C=O) groups is 3. The Bertz CT molecular complexity index is 1580. The lowest BCUT2D eigenvalue weighted by atomic mass is 9.93. The number of fused-ring (bicyclic) bond motifs is 1. The first-order valence-electron chi connectivity index (χ1n) is 13.2. The van der Waals surface area contributed by atoms with Crippen LogP contribution in [0.1, 0.15) is 62.9 Å². The third-order valence-electron chi connectivity index (χ3n) is 7.40. The Kier molecular flexibility index (Phi) is 7.51. The molecule has 40 heavy (non-hydrogen) atoms. The van der Waals surface area contributed by atoms with E-state index in [4.69, 9.17) is 0 Å². The molecule has 0 aliphatic carbocycles. The molecule has 2 heterocycles. The standard InChI is InChI=1S/C32H31FN4O3/c1-18-28(34-20(3)30(18)37-29(38)15-21-7-5-4-6-8-21)17-26-25-16-23(11-14-27(25)36-32(26)40)31(39)35-19(2)22-9-12-24(33)13-10-22/h4-14,16,19,26,34H,15,17H2,1-3H3,(H,35,39)(H,36,40)(H,37,38). The van der Waals surface area contributed by atoms with Crippen molar-refractivity contribution in [1.82, 2.24) is 10.3 Å². The number of nitrogens with one attached hydrogen (secondary N) is 4. The predicted molar refractivity (Wildman–Crippen MR) is 153 cm³/mol. The molecule has 3 amide bonds. The summed E-state index contributed by atoms with van der Waals surface area (Å²) in [5, 5.41) is 8.87. The lowest BCUT2D eigenvalue weighted by Crippen LogP contribution is -2.26. The lowest BCUT2D eigenvalue weighted by Gasteiger charge is -2.15. The van der Waals surface area contributed by atoms with Gasteiger partial charge in [-0.2, -0.15) is 0 Å². The van der Waals surface area contributed by atoms with E-state index in [-0.39, 0.29) is 36.0 Å². The maximum Gasteiger partial charge on any atom is 0.251 e. The Hall–Kier alpha value is -4.72. The smallest absolute Gasteiger partial charge is 0.251 e. The number of hydrogen-bond acceptors (Lipinski definition) is 3. The van der Waals surface area contributed by atoms with Crippen molar-refractivity contribution in [3.05, 3.63) is 118 Å². The van der Waals surface area contributed by atoms with E-state index in [2.05, 4.69) is 20.9 Å². The van der Waals surface area contributed by atoms with Gasteiger partial charge < -0.3 is 20.9 Å². The number of aryl methyl sites for hydroxylation is 1. The van der Waals surface area contributed by atoms with Crippen LogP contribution in [0.4, 0.5) is 15.8 Å². The molecule has 0 saturated heterocycles. The minimum Gasteiger partial charge on any atom is -0.360 e. The van der Waals surface area contributed by atoms with Crippen molar-refractivity contribution in [3.63, 3.8) is 0 Å². The van der Waals surface area contributed by atoms with E-state index in [0.717, 1.165) is 39.3 Å². The number of aromatic amines is 1. The van der Waals surface area contributed by atoms with Crippen molar-refractivity contribution >= 4 is 29.1 Å². The van der Waals surface area contributed by atoms with Crippen LogP contribution in [-0.4, -0.2) is 22.7 Å². The largest absolute Gasteiger partial charge is 0.360 e. The minimum absolute atomic E-state index is 0.113. The van der Waals surface area contributed by atoms with E-state index in [1.165, 1.54) is 12.1 Å². The van der Waals surface area contributed by atoms with Gasteiger partial charge in [0.2, 0.25) is 11.8 Å². The molecule has 2 unspecified atom stereocenters. The first-order valence-corrected chi connectivity index (χ1v) is 13.2. The van der Waals surface area contributed by atoms with E-state index in [1.807, 2.05) is 51.1 Å². The molecule has 0 spiro atoms. The molecule has 1 aliphatic rings. The zero-order valence-corrected chi connectivity index (χ0v) is 22.6. The van der Waals surface area contributed by atoms with Crippen molar-refractivity contribution < 1.29 is 18.8 Å². The second-order valence-corrected chi connectivity index (χ2v) is 10.2. The SMILES string of the molecule is Cc1[nH]c(CC2C(=O)Nc3ccc(C(=O)NC(C)c4ccc(F)cc4)cc32)c(C)c1NC(=O)Cc1ccccc1. The molecule has 7 nitrogen and oxygen atoms in total. The first kappa shape index (κ1) is 26.9. The van der Waals surface area contributed by atoms with Gasteiger partial charge in [0.15, 0.2) is 0 Å². The van der Waals surface area contributed by atoms with Crippen molar-refractivity contribution in [1.29, 1.82) is 0 Å². The molecule has 204 valence electrons. The Morgan fingerprint density at radius 2 is 1.73 bits per heavy atom. The monoisotopic (exact) mass is 538 g/mol. The molecule has 1 aliphatic heterocycles. The van der Waals surface area contributed by atoms with Crippen LogP contribution in [0.2, 0.25) is 0 Å². The van der Waals surface area contributed by atoms with Gasteiger partial charge in [0.05, 0.1) is 24.1 Å². The van der Waals surface area contributed by atoms with Gasteiger partial charge in [-0.05, 0) is 73.4 Å². The summed E-state index contributed by atoms with van der Waals surface area (Å²) >= 11 is 0. The van der Waals surface area contributed by atoms with Crippen LogP contribution in [0.25, 0.3) is 0 Å². The predicted octanol–water partition coefficient (Wildman–Crippen LogP) is 5.72. The molecule has 0 saturated carbocycles. The second-order valence-electron chi connectivity index (χ2n) is 10.2. The van der Waals surface area contributed by atoms with E-state index in [1.54, 1.807) is 30.3 Å². The van der Waals surface area contributed by atoms with Crippen molar-refractivity contribution in [2.75, 3.05) is 10.6 Å². The summed E-state index contributed by atoms with van der Waals surface area (Å²) in [4.78, 5) is 42.0. The second kappa shape index (κ2) is 11.2. The molecule has 1 aromatic heterocycles. The van der Waals surface area contributed by atoms with E-state index < -0.39 is 5.92 Å². The normalized spacial score (nSPS) is 14.8. The molecule has 3 aromatic carbocycles. The molecule has 5 rings (SSSR count). The number of halogens is 1. The fourth-order valence-corrected chi connectivity index (χ4v) is 5.16. The van der Waals surface area contributed by atoms with Crippen molar-refractivity contribution in [2.45, 2.75) is 45.6 Å². The molecule has 0 fully saturated rings. The molecule has 4 aromatic rings. The van der Waals surface area contributed by atoms with Gasteiger partial charge in [-0.25, -0.2) is 4.39 Å². The molecular formula is C32H31FN4O3. The number of aromatic nitrogens is 1. The zero-order chi connectivity index (χ0) is 28.4. The van der Waals surface area contributed by atoms with Crippen LogP contribution >= 0.6 is 0 Å². The molecule has 0 bridgehead atoms. The van der Waals surface area contributed by atoms with Crippen LogP contribution in [0.15, 0.2) is 72.8 Å². The highest BCUT2D eigenvalue weighted by molar-refractivity contribution is 6.05. The first-order chi connectivity index (χ1) is 19.2. The number of hydrogen-bond donors (Lipinski definition) is 4. The number of rotatable bonds is 8. The third-order valence-corrected chi connectivity index (χ3v) is 7.40. The highest BCUT2D eigenvalue weighted by Gasteiger charge is 2.33. The summed E-state index contributed by atoms with van der Waals surface area (Å²) < 4.78 is 13.3. The zero-order valence-electron chi connectivity index (χ0n) is 22.6. The maximum absolute atomic E-state index is 13.3. The van der Waals surface area contributed by atoms with Gasteiger partial charge in [0, 0.05) is 29.1 Å². The summed E-state index contributed by atoms with van der Waals surface area (Å²) in [5.74, 6) is -1.38. The summed E-state index contributed by atoms with van der Waals surface area (Å²) in [6.45, 7) is 5.65. The van der Waals surface area contributed by atoms with Gasteiger partial charge in [-0.15, -0.1) is 0 Å². The maximum atomic E-state index is 13.3.